The molecule has 2 N–H and O–H groups in total. The van der Waals surface area contributed by atoms with Crippen LogP contribution in [0.4, 0.5) is 5.69 Å². The van der Waals surface area contributed by atoms with Gasteiger partial charge in [-0.25, -0.2) is 0 Å². The number of carbonyl (C=O) groups excluding carboxylic acids is 1. The predicted octanol–water partition coefficient (Wildman–Crippen LogP) is 5.25. The molecular weight excluding hydrogens is 338 g/mol. The van der Waals surface area contributed by atoms with E-state index in [1.165, 1.54) is 0 Å². The first kappa shape index (κ1) is 17.3. The first-order chi connectivity index (χ1) is 12.8. The van der Waals surface area contributed by atoms with Crippen molar-refractivity contribution in [3.63, 3.8) is 0 Å². The summed E-state index contributed by atoms with van der Waals surface area (Å²) in [5, 5.41) is 13.2. The molecule has 0 unspecified atom stereocenters. The van der Waals surface area contributed by atoms with E-state index in [2.05, 4.69) is 5.32 Å². The van der Waals surface area contributed by atoms with Crippen LogP contribution < -0.4 is 10.1 Å². The summed E-state index contributed by atoms with van der Waals surface area (Å²) in [4.78, 5) is 12.8. The summed E-state index contributed by atoms with van der Waals surface area (Å²) in [7, 11) is 0. The van der Waals surface area contributed by atoms with E-state index >= 15 is 0 Å². The Morgan fingerprint density at radius 1 is 0.926 bits per heavy atom. The quantitative estimate of drug-likeness (QED) is 0.657. The fourth-order valence-electron chi connectivity index (χ4n) is 3.19. The Labute approximate surface area is 158 Å². The van der Waals surface area contributed by atoms with E-state index in [0.29, 0.717) is 22.7 Å². The van der Waals surface area contributed by atoms with E-state index in [9.17, 15) is 9.90 Å². The zero-order chi connectivity index (χ0) is 19.2. The fourth-order valence-corrected chi connectivity index (χ4v) is 3.19. The Bertz CT molecular complexity index is 1050. The van der Waals surface area contributed by atoms with E-state index in [1.54, 1.807) is 13.8 Å². The number of aliphatic hydroxyl groups is 1. The van der Waals surface area contributed by atoms with Crippen LogP contribution in [0.2, 0.25) is 0 Å². The van der Waals surface area contributed by atoms with Crippen molar-refractivity contribution < 1.29 is 14.6 Å². The van der Waals surface area contributed by atoms with Gasteiger partial charge in [0.15, 0.2) is 5.75 Å². The Hall–Kier alpha value is -3.11. The van der Waals surface area contributed by atoms with Gasteiger partial charge < -0.3 is 15.2 Å². The largest absolute Gasteiger partial charge is 0.454 e. The van der Waals surface area contributed by atoms with Gasteiger partial charge in [0.1, 0.15) is 5.75 Å². The van der Waals surface area contributed by atoms with Crippen molar-refractivity contribution in [2.45, 2.75) is 26.4 Å². The van der Waals surface area contributed by atoms with Crippen molar-refractivity contribution >= 4 is 11.6 Å². The molecule has 0 aliphatic carbocycles. The molecule has 1 heterocycles. The van der Waals surface area contributed by atoms with Crippen LogP contribution in [0.25, 0.3) is 11.1 Å². The zero-order valence-corrected chi connectivity index (χ0v) is 15.5. The van der Waals surface area contributed by atoms with Crippen LogP contribution in [0, 0.1) is 6.92 Å². The number of rotatable bonds is 2. The molecule has 1 amide bonds. The highest BCUT2D eigenvalue weighted by molar-refractivity contribution is 6.08. The Balaban J connectivity index is 1.76. The lowest BCUT2D eigenvalue weighted by atomic mass is 9.93. The lowest BCUT2D eigenvalue weighted by Crippen LogP contribution is -2.15. The second-order valence-corrected chi connectivity index (χ2v) is 7.41. The van der Waals surface area contributed by atoms with Gasteiger partial charge in [-0.2, -0.15) is 0 Å². The normalized spacial score (nSPS) is 13.1. The van der Waals surface area contributed by atoms with Crippen molar-refractivity contribution in [2.75, 3.05) is 5.32 Å². The summed E-state index contributed by atoms with van der Waals surface area (Å²) >= 11 is 0. The topological polar surface area (TPSA) is 58.6 Å². The van der Waals surface area contributed by atoms with Gasteiger partial charge >= 0.3 is 0 Å². The molecule has 3 aromatic rings. The molecule has 0 fully saturated rings. The summed E-state index contributed by atoms with van der Waals surface area (Å²) in [5.41, 5.74) is 3.91. The van der Waals surface area contributed by atoms with Crippen LogP contribution in [0.1, 0.15) is 35.3 Å². The summed E-state index contributed by atoms with van der Waals surface area (Å²) < 4.78 is 5.97. The Morgan fingerprint density at radius 2 is 1.67 bits per heavy atom. The van der Waals surface area contributed by atoms with Crippen LogP contribution in [0.3, 0.4) is 0 Å². The van der Waals surface area contributed by atoms with Crippen LogP contribution in [0.5, 0.6) is 11.5 Å². The highest BCUT2D eigenvalue weighted by Gasteiger charge is 2.22. The van der Waals surface area contributed by atoms with Crippen molar-refractivity contribution in [3.8, 4) is 22.6 Å². The van der Waals surface area contributed by atoms with Gasteiger partial charge in [-0.15, -0.1) is 0 Å². The molecule has 136 valence electrons. The summed E-state index contributed by atoms with van der Waals surface area (Å²) in [6.45, 7) is 5.48. The maximum Gasteiger partial charge on any atom is 0.259 e. The number of fused-ring (bicyclic) bond motifs is 2. The molecular formula is C23H21NO3. The molecule has 1 aliphatic heterocycles. The minimum absolute atomic E-state index is 0.199. The van der Waals surface area contributed by atoms with E-state index in [0.717, 1.165) is 22.3 Å². The number of hydrogen-bond acceptors (Lipinski definition) is 3. The maximum atomic E-state index is 12.8. The third-order valence-corrected chi connectivity index (χ3v) is 4.73. The third kappa shape index (κ3) is 3.32. The van der Waals surface area contributed by atoms with Gasteiger partial charge in [-0.1, -0.05) is 30.3 Å². The zero-order valence-electron chi connectivity index (χ0n) is 15.5. The van der Waals surface area contributed by atoms with Crippen molar-refractivity contribution in [1.29, 1.82) is 0 Å². The molecule has 0 atom stereocenters. The third-order valence-electron chi connectivity index (χ3n) is 4.73. The maximum absolute atomic E-state index is 12.8. The van der Waals surface area contributed by atoms with Crippen molar-refractivity contribution in [2.24, 2.45) is 0 Å². The van der Waals surface area contributed by atoms with Crippen molar-refractivity contribution in [1.82, 2.24) is 0 Å². The van der Waals surface area contributed by atoms with Gasteiger partial charge in [0.05, 0.1) is 16.9 Å². The van der Waals surface area contributed by atoms with Gasteiger partial charge in [-0.3, -0.25) is 4.79 Å². The first-order valence-electron chi connectivity index (χ1n) is 8.88. The molecule has 0 radical (unpaired) electrons. The monoisotopic (exact) mass is 359 g/mol. The van der Waals surface area contributed by atoms with Crippen LogP contribution in [-0.4, -0.2) is 11.0 Å². The van der Waals surface area contributed by atoms with Gasteiger partial charge in [0.25, 0.3) is 5.91 Å². The molecule has 0 bridgehead atoms. The number of carbonyl (C=O) groups is 1. The number of anilines is 1. The van der Waals surface area contributed by atoms with Crippen LogP contribution in [0.15, 0.2) is 60.7 Å². The number of ether oxygens (including phenoxy) is 1. The summed E-state index contributed by atoms with van der Waals surface area (Å²) in [5.74, 6) is 0.955. The molecule has 0 saturated carbocycles. The lowest BCUT2D eigenvalue weighted by molar-refractivity contribution is 0.0786. The minimum atomic E-state index is -0.929. The molecule has 1 aliphatic rings. The average molecular weight is 359 g/mol. The number of nitrogens with one attached hydrogen (secondary N) is 1. The lowest BCUT2D eigenvalue weighted by Gasteiger charge is -2.18. The molecule has 4 rings (SSSR count). The molecule has 0 aromatic heterocycles. The smallest absolute Gasteiger partial charge is 0.259 e. The standard InChI is InChI=1S/C23H21NO3/c1-14-7-9-21-19(11-14)24-22(25)18-13-16(8-10-20(18)27-21)15-5-4-6-17(12-15)23(2,3)26/h4-13,26H,1-3H3,(H,24,25). The number of amides is 1. The second-order valence-electron chi connectivity index (χ2n) is 7.41. The number of hydrogen-bond donors (Lipinski definition) is 2. The van der Waals surface area contributed by atoms with E-state index in [1.807, 2.05) is 67.6 Å². The average Bonchev–Trinajstić information content (AvgIpc) is 2.76. The fraction of sp³-hybridized carbons (Fsp3) is 0.174. The van der Waals surface area contributed by atoms with E-state index in [4.69, 9.17) is 4.74 Å². The minimum Gasteiger partial charge on any atom is -0.454 e. The first-order valence-corrected chi connectivity index (χ1v) is 8.88. The molecule has 0 spiro atoms. The summed E-state index contributed by atoms with van der Waals surface area (Å²) in [6, 6.07) is 19.0. The highest BCUT2D eigenvalue weighted by Crippen LogP contribution is 2.38. The van der Waals surface area contributed by atoms with E-state index < -0.39 is 5.60 Å². The SMILES string of the molecule is Cc1ccc2c(c1)NC(=O)c1cc(-c3cccc(C(C)(C)O)c3)ccc1O2. The Kier molecular flexibility index (Phi) is 4.01. The molecule has 0 saturated heterocycles. The van der Waals surface area contributed by atoms with Gasteiger partial charge in [0, 0.05) is 0 Å². The predicted molar refractivity (Wildman–Crippen MR) is 106 cm³/mol. The van der Waals surface area contributed by atoms with E-state index in [-0.39, 0.29) is 5.91 Å². The second kappa shape index (κ2) is 6.25. The van der Waals surface area contributed by atoms with Crippen molar-refractivity contribution in [3.05, 3.63) is 77.4 Å². The molecule has 4 nitrogen and oxygen atoms in total. The molecule has 27 heavy (non-hydrogen) atoms. The number of aryl methyl sites for hydroxylation is 1. The Morgan fingerprint density at radius 3 is 2.44 bits per heavy atom. The van der Waals surface area contributed by atoms with Gasteiger partial charge in [0.2, 0.25) is 0 Å². The summed E-state index contributed by atoms with van der Waals surface area (Å²) in [6.07, 6.45) is 0. The van der Waals surface area contributed by atoms with Crippen LogP contribution >= 0.6 is 0 Å². The van der Waals surface area contributed by atoms with Crippen LogP contribution in [-0.2, 0) is 5.60 Å². The molecule has 4 heteroatoms. The number of benzene rings is 3. The van der Waals surface area contributed by atoms with Gasteiger partial charge in [-0.05, 0) is 73.4 Å². The molecule has 3 aromatic carbocycles. The highest BCUT2D eigenvalue weighted by atomic mass is 16.5.